The summed E-state index contributed by atoms with van der Waals surface area (Å²) >= 11 is 0. The Bertz CT molecular complexity index is 682. The largest absolute Gasteiger partial charge is 0.486 e. The van der Waals surface area contributed by atoms with Gasteiger partial charge < -0.3 is 9.72 Å². The van der Waals surface area contributed by atoms with Crippen LogP contribution in [0.2, 0.25) is 0 Å². The summed E-state index contributed by atoms with van der Waals surface area (Å²) in [6, 6.07) is 16.3. The molecule has 0 radical (unpaired) electrons. The molecule has 0 spiro atoms. The van der Waals surface area contributed by atoms with E-state index in [0.717, 1.165) is 29.0 Å². The van der Waals surface area contributed by atoms with Crippen LogP contribution < -0.4 is 4.74 Å². The maximum absolute atomic E-state index is 5.80. The molecule has 108 valence electrons. The lowest BCUT2D eigenvalue weighted by Crippen LogP contribution is -1.98. The first kappa shape index (κ1) is 13.7. The van der Waals surface area contributed by atoms with Crippen LogP contribution in [-0.4, -0.2) is 9.97 Å². The zero-order valence-corrected chi connectivity index (χ0v) is 12.5. The van der Waals surface area contributed by atoms with Gasteiger partial charge in [0.05, 0.1) is 11.0 Å². The predicted molar refractivity (Wildman–Crippen MR) is 85.6 cm³/mol. The fraction of sp³-hybridized carbons (Fsp3) is 0.278. The monoisotopic (exact) mass is 280 g/mol. The first-order chi connectivity index (χ1) is 10.3. The summed E-state index contributed by atoms with van der Waals surface area (Å²) < 4.78 is 5.80. The summed E-state index contributed by atoms with van der Waals surface area (Å²) in [5.74, 6) is 2.32. The summed E-state index contributed by atoms with van der Waals surface area (Å²) in [6.45, 7) is 4.90. The third-order valence-corrected chi connectivity index (χ3v) is 3.88. The highest BCUT2D eigenvalue weighted by atomic mass is 16.5. The molecular weight excluding hydrogens is 260 g/mol. The van der Waals surface area contributed by atoms with Gasteiger partial charge in [-0.2, -0.15) is 0 Å². The molecule has 0 saturated heterocycles. The van der Waals surface area contributed by atoms with E-state index in [4.69, 9.17) is 4.74 Å². The molecule has 3 nitrogen and oxygen atoms in total. The maximum Gasteiger partial charge on any atom is 0.146 e. The minimum absolute atomic E-state index is 0.456. The van der Waals surface area contributed by atoms with Gasteiger partial charge in [-0.1, -0.05) is 38.1 Å². The minimum atomic E-state index is 0.456. The third-order valence-electron chi connectivity index (χ3n) is 3.88. The van der Waals surface area contributed by atoms with E-state index in [1.54, 1.807) is 0 Å². The van der Waals surface area contributed by atoms with E-state index in [-0.39, 0.29) is 0 Å². The van der Waals surface area contributed by atoms with Gasteiger partial charge in [-0.25, -0.2) is 4.98 Å². The molecule has 3 heteroatoms. The van der Waals surface area contributed by atoms with Gasteiger partial charge in [0.15, 0.2) is 0 Å². The van der Waals surface area contributed by atoms with Gasteiger partial charge in [0.25, 0.3) is 0 Å². The number of hydrogen-bond acceptors (Lipinski definition) is 2. The first-order valence-corrected chi connectivity index (χ1v) is 7.42. The Labute approximate surface area is 125 Å². The van der Waals surface area contributed by atoms with Crippen molar-refractivity contribution in [2.45, 2.75) is 32.8 Å². The van der Waals surface area contributed by atoms with Crippen LogP contribution in [0.15, 0.2) is 48.5 Å². The lowest BCUT2D eigenvalue weighted by Gasteiger charge is -2.10. The molecule has 3 rings (SSSR count). The van der Waals surface area contributed by atoms with E-state index in [1.807, 2.05) is 36.4 Å². The number of aromatic amines is 1. The number of rotatable bonds is 5. The smallest absolute Gasteiger partial charge is 0.146 e. The van der Waals surface area contributed by atoms with Crippen LogP contribution in [0.4, 0.5) is 0 Å². The topological polar surface area (TPSA) is 37.9 Å². The highest BCUT2D eigenvalue weighted by molar-refractivity contribution is 5.74. The number of aromatic nitrogens is 2. The second-order valence-electron chi connectivity index (χ2n) is 5.37. The molecule has 0 fully saturated rings. The normalized spacial score (nSPS) is 12.5. The number of H-pyrrole nitrogens is 1. The number of para-hydroxylation sites is 2. The number of imidazole rings is 1. The Morgan fingerprint density at radius 3 is 2.57 bits per heavy atom. The minimum Gasteiger partial charge on any atom is -0.486 e. The molecule has 3 aromatic rings. The average Bonchev–Trinajstić information content (AvgIpc) is 2.95. The van der Waals surface area contributed by atoms with Crippen LogP contribution in [0.5, 0.6) is 5.75 Å². The molecule has 0 aliphatic heterocycles. The predicted octanol–water partition coefficient (Wildman–Crippen LogP) is 4.66. The Balaban J connectivity index is 1.67. The first-order valence-electron chi connectivity index (χ1n) is 7.42. The van der Waals surface area contributed by atoms with Gasteiger partial charge in [0.2, 0.25) is 0 Å². The highest BCUT2D eigenvalue weighted by Gasteiger charge is 2.05. The summed E-state index contributed by atoms with van der Waals surface area (Å²) in [5, 5.41) is 0. The Morgan fingerprint density at radius 2 is 1.86 bits per heavy atom. The van der Waals surface area contributed by atoms with Gasteiger partial charge in [-0.3, -0.25) is 0 Å². The fourth-order valence-electron chi connectivity index (χ4n) is 2.35. The molecule has 0 aliphatic carbocycles. The van der Waals surface area contributed by atoms with E-state index in [1.165, 1.54) is 5.56 Å². The van der Waals surface area contributed by atoms with Crippen molar-refractivity contribution in [3.63, 3.8) is 0 Å². The number of nitrogens with one attached hydrogen (secondary N) is 1. The van der Waals surface area contributed by atoms with Crippen molar-refractivity contribution >= 4 is 11.0 Å². The van der Waals surface area contributed by atoms with Crippen molar-refractivity contribution < 1.29 is 4.74 Å². The molecule has 0 aliphatic rings. The van der Waals surface area contributed by atoms with Crippen LogP contribution in [0, 0.1) is 0 Å². The molecule has 1 heterocycles. The number of ether oxygens (including phenoxy) is 1. The van der Waals surface area contributed by atoms with E-state index in [0.29, 0.717) is 12.5 Å². The SMILES string of the molecule is CC[C@@H](C)c1ccc(OCc2nc3ccccc3[nH]2)cc1. The lowest BCUT2D eigenvalue weighted by molar-refractivity contribution is 0.297. The molecule has 0 bridgehead atoms. The second kappa shape index (κ2) is 6.00. The average molecular weight is 280 g/mol. The third kappa shape index (κ3) is 3.07. The van der Waals surface area contributed by atoms with E-state index < -0.39 is 0 Å². The van der Waals surface area contributed by atoms with Crippen LogP contribution in [0.1, 0.15) is 37.6 Å². The van der Waals surface area contributed by atoms with Crippen LogP contribution in [-0.2, 0) is 6.61 Å². The number of benzene rings is 2. The van der Waals surface area contributed by atoms with E-state index in [2.05, 4.69) is 35.9 Å². The molecule has 21 heavy (non-hydrogen) atoms. The van der Waals surface area contributed by atoms with Crippen LogP contribution in [0.25, 0.3) is 11.0 Å². The van der Waals surface area contributed by atoms with Crippen molar-refractivity contribution in [3.05, 3.63) is 59.9 Å². The van der Waals surface area contributed by atoms with Gasteiger partial charge >= 0.3 is 0 Å². The van der Waals surface area contributed by atoms with Gasteiger partial charge in [0, 0.05) is 0 Å². The molecular formula is C18H20N2O. The Morgan fingerprint density at radius 1 is 1.10 bits per heavy atom. The standard InChI is InChI=1S/C18H20N2O/c1-3-13(2)14-8-10-15(11-9-14)21-12-18-19-16-6-4-5-7-17(16)20-18/h4-11,13H,3,12H2,1-2H3,(H,19,20)/t13-/m1/s1. The summed E-state index contributed by atoms with van der Waals surface area (Å²) in [6.07, 6.45) is 1.15. The molecule has 0 saturated carbocycles. The van der Waals surface area contributed by atoms with Crippen molar-refractivity contribution in [3.8, 4) is 5.75 Å². The summed E-state index contributed by atoms with van der Waals surface area (Å²) in [7, 11) is 0. The maximum atomic E-state index is 5.80. The van der Waals surface area contributed by atoms with Crippen molar-refractivity contribution in [1.29, 1.82) is 0 Å². The molecule has 2 aromatic carbocycles. The number of hydrogen-bond donors (Lipinski definition) is 1. The van der Waals surface area contributed by atoms with Gasteiger partial charge in [-0.05, 0) is 42.2 Å². The zero-order chi connectivity index (χ0) is 14.7. The van der Waals surface area contributed by atoms with Gasteiger partial charge in [0.1, 0.15) is 18.2 Å². The van der Waals surface area contributed by atoms with Crippen molar-refractivity contribution in [1.82, 2.24) is 9.97 Å². The molecule has 0 unspecified atom stereocenters. The molecule has 1 atom stereocenters. The Hall–Kier alpha value is -2.29. The zero-order valence-electron chi connectivity index (χ0n) is 12.5. The summed E-state index contributed by atoms with van der Waals surface area (Å²) in [5.41, 5.74) is 3.38. The number of fused-ring (bicyclic) bond motifs is 1. The fourth-order valence-corrected chi connectivity index (χ4v) is 2.35. The van der Waals surface area contributed by atoms with Gasteiger partial charge in [-0.15, -0.1) is 0 Å². The Kier molecular flexibility index (Phi) is 3.91. The van der Waals surface area contributed by atoms with Crippen molar-refractivity contribution in [2.75, 3.05) is 0 Å². The molecule has 1 N–H and O–H groups in total. The van der Waals surface area contributed by atoms with Crippen LogP contribution in [0.3, 0.4) is 0 Å². The van der Waals surface area contributed by atoms with Crippen LogP contribution >= 0.6 is 0 Å². The highest BCUT2D eigenvalue weighted by Crippen LogP contribution is 2.22. The quantitative estimate of drug-likeness (QED) is 0.738. The molecule has 0 amide bonds. The van der Waals surface area contributed by atoms with Crippen molar-refractivity contribution in [2.24, 2.45) is 0 Å². The number of nitrogens with zero attached hydrogens (tertiary/aromatic N) is 1. The van der Waals surface area contributed by atoms with E-state index >= 15 is 0 Å². The molecule has 1 aromatic heterocycles. The summed E-state index contributed by atoms with van der Waals surface area (Å²) in [4.78, 5) is 7.77. The second-order valence-corrected chi connectivity index (χ2v) is 5.37. The van der Waals surface area contributed by atoms with E-state index in [9.17, 15) is 0 Å². The lowest BCUT2D eigenvalue weighted by atomic mass is 9.99.